The van der Waals surface area contributed by atoms with Gasteiger partial charge in [0.25, 0.3) is 0 Å². The summed E-state index contributed by atoms with van der Waals surface area (Å²) in [6.07, 6.45) is 9.82. The fourth-order valence-electron chi connectivity index (χ4n) is 4.42. The molecule has 0 radical (unpaired) electrons. The number of imidazole rings is 1. The molecule has 170 valence electrons. The molecule has 7 rings (SSSR count). The maximum atomic E-state index is 4.93. The first kappa shape index (κ1) is 20.1. The summed E-state index contributed by atoms with van der Waals surface area (Å²) >= 11 is 1.68. The van der Waals surface area contributed by atoms with E-state index in [0.717, 1.165) is 60.6 Å². The number of anilines is 1. The Balaban J connectivity index is 1.29. The van der Waals surface area contributed by atoms with Crippen molar-refractivity contribution in [2.24, 2.45) is 5.92 Å². The SMILES string of the molecule is C=C(Nc1cncc(-c2ccc3[nH]nc(-c4nc5c(-c6cccs6)cncc5[nH]4)c3c2)c1)C1CC1. The summed E-state index contributed by atoms with van der Waals surface area (Å²) in [5, 5.41) is 14.2. The van der Waals surface area contributed by atoms with Crippen molar-refractivity contribution in [3.63, 3.8) is 0 Å². The summed E-state index contributed by atoms with van der Waals surface area (Å²) in [7, 11) is 0. The second-order valence-corrected chi connectivity index (χ2v) is 9.81. The maximum absolute atomic E-state index is 4.93. The Bertz CT molecular complexity index is 1710. The Morgan fingerprint density at radius 2 is 1.91 bits per heavy atom. The zero-order valence-electron chi connectivity index (χ0n) is 18.7. The number of aromatic amines is 2. The molecule has 35 heavy (non-hydrogen) atoms. The van der Waals surface area contributed by atoms with Gasteiger partial charge in [0, 0.05) is 39.5 Å². The van der Waals surface area contributed by atoms with Gasteiger partial charge in [-0.2, -0.15) is 5.10 Å². The molecule has 8 heteroatoms. The molecule has 0 saturated heterocycles. The van der Waals surface area contributed by atoms with E-state index >= 15 is 0 Å². The first-order chi connectivity index (χ1) is 17.2. The lowest BCUT2D eigenvalue weighted by atomic mass is 10.0. The Labute approximate surface area is 205 Å². The summed E-state index contributed by atoms with van der Waals surface area (Å²) < 4.78 is 0. The van der Waals surface area contributed by atoms with Crippen molar-refractivity contribution in [3.05, 3.63) is 78.8 Å². The number of thiophene rings is 1. The summed E-state index contributed by atoms with van der Waals surface area (Å²) in [6.45, 7) is 4.17. The highest BCUT2D eigenvalue weighted by Gasteiger charge is 2.24. The Kier molecular flexibility index (Phi) is 4.53. The van der Waals surface area contributed by atoms with Crippen LogP contribution in [0.25, 0.3) is 55.0 Å². The Morgan fingerprint density at radius 3 is 2.77 bits per heavy atom. The minimum absolute atomic E-state index is 0.586. The fraction of sp³-hybridized carbons (Fsp3) is 0.111. The fourth-order valence-corrected chi connectivity index (χ4v) is 5.15. The van der Waals surface area contributed by atoms with E-state index in [4.69, 9.17) is 4.98 Å². The Hall–Kier alpha value is -4.30. The lowest BCUT2D eigenvalue weighted by Crippen LogP contribution is -2.00. The van der Waals surface area contributed by atoms with Crippen LogP contribution in [0.4, 0.5) is 5.69 Å². The van der Waals surface area contributed by atoms with E-state index in [1.807, 2.05) is 36.9 Å². The van der Waals surface area contributed by atoms with Crippen LogP contribution in [-0.4, -0.2) is 30.1 Å². The number of nitrogens with one attached hydrogen (secondary N) is 3. The topological polar surface area (TPSA) is 95.2 Å². The highest BCUT2D eigenvalue weighted by Crippen LogP contribution is 2.37. The first-order valence-electron chi connectivity index (χ1n) is 11.5. The molecule has 7 nitrogen and oxygen atoms in total. The zero-order chi connectivity index (χ0) is 23.4. The lowest BCUT2D eigenvalue weighted by molar-refractivity contribution is 1.02. The van der Waals surface area contributed by atoms with Crippen LogP contribution in [0.15, 0.2) is 78.8 Å². The van der Waals surface area contributed by atoms with Crippen LogP contribution in [-0.2, 0) is 0 Å². The van der Waals surface area contributed by atoms with Gasteiger partial charge >= 0.3 is 0 Å². The van der Waals surface area contributed by atoms with Crippen molar-refractivity contribution in [2.45, 2.75) is 12.8 Å². The number of pyridine rings is 2. The number of rotatable bonds is 6. The monoisotopic (exact) mass is 475 g/mol. The molecule has 1 fully saturated rings. The molecule has 0 unspecified atom stereocenters. The predicted molar refractivity (Wildman–Crippen MR) is 141 cm³/mol. The van der Waals surface area contributed by atoms with Gasteiger partial charge in [-0.15, -0.1) is 11.3 Å². The maximum Gasteiger partial charge on any atom is 0.159 e. The largest absolute Gasteiger partial charge is 0.358 e. The molecule has 1 aliphatic rings. The average Bonchev–Trinajstić information content (AvgIpc) is 3.26. The van der Waals surface area contributed by atoms with Gasteiger partial charge in [-0.25, -0.2) is 4.98 Å². The second-order valence-electron chi connectivity index (χ2n) is 8.87. The van der Waals surface area contributed by atoms with Crippen LogP contribution in [0.3, 0.4) is 0 Å². The molecule has 5 heterocycles. The van der Waals surface area contributed by atoms with Crippen LogP contribution in [0, 0.1) is 5.92 Å². The summed E-state index contributed by atoms with van der Waals surface area (Å²) in [4.78, 5) is 18.3. The van der Waals surface area contributed by atoms with Crippen molar-refractivity contribution in [1.29, 1.82) is 0 Å². The second kappa shape index (κ2) is 7.89. The number of benzene rings is 1. The van der Waals surface area contributed by atoms with Gasteiger partial charge in [-0.1, -0.05) is 18.7 Å². The van der Waals surface area contributed by atoms with Gasteiger partial charge in [0.15, 0.2) is 5.82 Å². The summed E-state index contributed by atoms with van der Waals surface area (Å²) in [5.74, 6) is 1.30. The first-order valence-corrected chi connectivity index (χ1v) is 12.4. The van der Waals surface area contributed by atoms with Crippen molar-refractivity contribution < 1.29 is 0 Å². The van der Waals surface area contributed by atoms with Crippen LogP contribution in [0.1, 0.15) is 12.8 Å². The molecule has 0 spiro atoms. The third kappa shape index (κ3) is 3.59. The molecule has 5 aromatic heterocycles. The van der Waals surface area contributed by atoms with Gasteiger partial charge in [0.05, 0.1) is 29.1 Å². The standard InChI is InChI=1S/C27H21N7S/c1-15(16-4-5-16)30-19-9-18(11-28-12-19)17-6-7-22-20(10-17)26(34-33-22)27-31-23-14-29-13-21(25(23)32-27)24-3-2-8-35-24/h2-3,6-14,16,30H,1,4-5H2,(H,31,32)(H,33,34). The van der Waals surface area contributed by atoms with E-state index in [1.54, 1.807) is 11.3 Å². The van der Waals surface area contributed by atoms with Gasteiger partial charge in [0.1, 0.15) is 11.2 Å². The smallest absolute Gasteiger partial charge is 0.159 e. The number of aromatic nitrogens is 6. The molecular weight excluding hydrogens is 454 g/mol. The molecule has 0 atom stereocenters. The van der Waals surface area contributed by atoms with Crippen molar-refractivity contribution >= 4 is 39.0 Å². The molecule has 1 saturated carbocycles. The molecule has 1 aliphatic carbocycles. The summed E-state index contributed by atoms with van der Waals surface area (Å²) in [5.41, 5.74) is 8.64. The normalized spacial score (nSPS) is 13.5. The highest BCUT2D eigenvalue weighted by atomic mass is 32.1. The molecular formula is C27H21N7S. The highest BCUT2D eigenvalue weighted by molar-refractivity contribution is 7.13. The number of nitrogens with zero attached hydrogens (tertiary/aromatic N) is 4. The minimum Gasteiger partial charge on any atom is -0.358 e. The van der Waals surface area contributed by atoms with E-state index in [2.05, 4.69) is 66.7 Å². The van der Waals surface area contributed by atoms with Crippen LogP contribution in [0.2, 0.25) is 0 Å². The van der Waals surface area contributed by atoms with Gasteiger partial charge in [-0.3, -0.25) is 15.1 Å². The van der Waals surface area contributed by atoms with Gasteiger partial charge in [0.2, 0.25) is 0 Å². The van der Waals surface area contributed by atoms with Crippen molar-refractivity contribution in [1.82, 2.24) is 30.1 Å². The number of hydrogen-bond donors (Lipinski definition) is 3. The van der Waals surface area contributed by atoms with E-state index in [1.165, 1.54) is 12.8 Å². The molecule has 3 N–H and O–H groups in total. The average molecular weight is 476 g/mol. The molecule has 1 aromatic carbocycles. The number of fused-ring (bicyclic) bond motifs is 2. The number of H-pyrrole nitrogens is 2. The Morgan fingerprint density at radius 1 is 1.00 bits per heavy atom. The van der Waals surface area contributed by atoms with Crippen LogP contribution >= 0.6 is 11.3 Å². The molecule has 0 aliphatic heterocycles. The van der Waals surface area contributed by atoms with E-state index in [9.17, 15) is 0 Å². The van der Waals surface area contributed by atoms with Gasteiger partial charge < -0.3 is 10.3 Å². The molecule has 0 amide bonds. The predicted octanol–water partition coefficient (Wildman–Crippen LogP) is 6.63. The minimum atomic E-state index is 0.586. The number of allylic oxidation sites excluding steroid dienone is 1. The van der Waals surface area contributed by atoms with Crippen molar-refractivity contribution in [2.75, 3.05) is 5.32 Å². The molecule has 6 aromatic rings. The third-order valence-electron chi connectivity index (χ3n) is 6.41. The lowest BCUT2D eigenvalue weighted by Gasteiger charge is -2.10. The van der Waals surface area contributed by atoms with E-state index in [0.29, 0.717) is 11.7 Å². The quantitative estimate of drug-likeness (QED) is 0.251. The van der Waals surface area contributed by atoms with Crippen LogP contribution < -0.4 is 5.32 Å². The van der Waals surface area contributed by atoms with Crippen molar-refractivity contribution in [3.8, 4) is 33.1 Å². The van der Waals surface area contributed by atoms with E-state index in [-0.39, 0.29) is 0 Å². The van der Waals surface area contributed by atoms with Crippen LogP contribution in [0.5, 0.6) is 0 Å². The molecule has 0 bridgehead atoms. The zero-order valence-corrected chi connectivity index (χ0v) is 19.6. The summed E-state index contributed by atoms with van der Waals surface area (Å²) in [6, 6.07) is 12.5. The number of hydrogen-bond acceptors (Lipinski definition) is 6. The van der Waals surface area contributed by atoms with Gasteiger partial charge in [-0.05, 0) is 54.0 Å². The van der Waals surface area contributed by atoms with E-state index < -0.39 is 0 Å². The third-order valence-corrected chi connectivity index (χ3v) is 7.32.